The van der Waals surface area contributed by atoms with Crippen LogP contribution in [-0.2, 0) is 19.6 Å². The van der Waals surface area contributed by atoms with E-state index in [4.69, 9.17) is 5.11 Å². The lowest BCUT2D eigenvalue weighted by molar-refractivity contribution is -0.384. The van der Waals surface area contributed by atoms with Crippen LogP contribution in [0.15, 0.2) is 29.2 Å². The first-order valence-electron chi connectivity index (χ1n) is 7.46. The number of sulfonamides is 1. The highest BCUT2D eigenvalue weighted by Crippen LogP contribution is 2.27. The molecule has 0 spiro atoms. The summed E-state index contributed by atoms with van der Waals surface area (Å²) in [5, 5.41) is 19.4. The molecule has 0 heterocycles. The van der Waals surface area contributed by atoms with E-state index in [0.29, 0.717) is 0 Å². The molecular weight excluding hydrogens is 354 g/mol. The number of hydrogen-bond donors (Lipinski definition) is 2. The molecule has 0 aliphatic heterocycles. The molecule has 2 rings (SSSR count). The van der Waals surface area contributed by atoms with Crippen LogP contribution in [0, 0.1) is 10.1 Å². The molecule has 10 nitrogen and oxygen atoms in total. The van der Waals surface area contributed by atoms with Gasteiger partial charge in [0.1, 0.15) is 6.54 Å². The van der Waals surface area contributed by atoms with Crippen LogP contribution in [-0.4, -0.2) is 54.4 Å². The number of carbonyl (C=O) groups excluding carboxylic acids is 1. The minimum absolute atomic E-state index is 0.0881. The quantitative estimate of drug-likeness (QED) is 0.470. The molecule has 1 aliphatic rings. The van der Waals surface area contributed by atoms with Crippen molar-refractivity contribution in [3.8, 4) is 0 Å². The van der Waals surface area contributed by atoms with E-state index >= 15 is 0 Å². The molecule has 1 aliphatic carbocycles. The number of nitro benzene ring substituents is 1. The lowest BCUT2D eigenvalue weighted by atomic mass is 10.3. The third-order valence-corrected chi connectivity index (χ3v) is 5.08. The van der Waals surface area contributed by atoms with Crippen LogP contribution < -0.4 is 4.72 Å². The van der Waals surface area contributed by atoms with Gasteiger partial charge in [0, 0.05) is 31.1 Å². The summed E-state index contributed by atoms with van der Waals surface area (Å²) in [4.78, 5) is 33.8. The van der Waals surface area contributed by atoms with Crippen molar-refractivity contribution in [2.24, 2.45) is 0 Å². The van der Waals surface area contributed by atoms with E-state index < -0.39 is 33.4 Å². The Morgan fingerprint density at radius 3 is 2.36 bits per heavy atom. The first-order chi connectivity index (χ1) is 11.7. The van der Waals surface area contributed by atoms with Gasteiger partial charge in [0.2, 0.25) is 15.9 Å². The first kappa shape index (κ1) is 18.8. The maximum Gasteiger partial charge on any atom is 0.323 e. The standard InChI is InChI=1S/C14H17N3O7S/c18-13(16(9-14(19)20)10-1-2-10)7-8-15-25(23,24)12-5-3-11(4-6-12)17(21)22/h3-6,10,15H,1-2,7-9H2,(H,19,20). The summed E-state index contributed by atoms with van der Waals surface area (Å²) in [5.41, 5.74) is -0.233. The smallest absolute Gasteiger partial charge is 0.323 e. The van der Waals surface area contributed by atoms with E-state index in [1.807, 2.05) is 0 Å². The average molecular weight is 371 g/mol. The van der Waals surface area contributed by atoms with Gasteiger partial charge in [0.15, 0.2) is 0 Å². The Morgan fingerprint density at radius 2 is 1.88 bits per heavy atom. The number of nitrogens with zero attached hydrogens (tertiary/aromatic N) is 2. The normalized spacial score (nSPS) is 14.1. The van der Waals surface area contributed by atoms with Crippen LogP contribution >= 0.6 is 0 Å². The highest BCUT2D eigenvalue weighted by atomic mass is 32.2. The fourth-order valence-electron chi connectivity index (χ4n) is 2.22. The fraction of sp³-hybridized carbons (Fsp3) is 0.429. The Hall–Kier alpha value is -2.53. The van der Waals surface area contributed by atoms with Gasteiger partial charge in [-0.1, -0.05) is 0 Å². The van der Waals surface area contributed by atoms with Gasteiger partial charge < -0.3 is 10.0 Å². The summed E-state index contributed by atoms with van der Waals surface area (Å²) in [5.74, 6) is -1.55. The monoisotopic (exact) mass is 371 g/mol. The third-order valence-electron chi connectivity index (χ3n) is 3.60. The molecule has 0 bridgehead atoms. The summed E-state index contributed by atoms with van der Waals surface area (Å²) in [6, 6.07) is 4.25. The molecule has 1 saturated carbocycles. The van der Waals surface area contributed by atoms with E-state index in [-0.39, 0.29) is 29.6 Å². The predicted octanol–water partition coefficient (Wildman–Crippen LogP) is 0.339. The maximum atomic E-state index is 12.1. The van der Waals surface area contributed by atoms with E-state index in [1.54, 1.807) is 0 Å². The van der Waals surface area contributed by atoms with Crippen molar-refractivity contribution in [1.82, 2.24) is 9.62 Å². The van der Waals surface area contributed by atoms with E-state index in [9.17, 15) is 28.1 Å². The van der Waals surface area contributed by atoms with Gasteiger partial charge in [0.25, 0.3) is 5.69 Å². The van der Waals surface area contributed by atoms with Crippen molar-refractivity contribution in [2.45, 2.75) is 30.2 Å². The number of rotatable bonds is 9. The number of carboxylic acid groups (broad SMARTS) is 1. The van der Waals surface area contributed by atoms with Gasteiger partial charge in [-0.15, -0.1) is 0 Å². The second-order valence-electron chi connectivity index (χ2n) is 5.55. The summed E-state index contributed by atoms with van der Waals surface area (Å²) in [6.07, 6.45) is 1.32. The molecule has 2 N–H and O–H groups in total. The van der Waals surface area contributed by atoms with Crippen LogP contribution in [0.25, 0.3) is 0 Å². The Kier molecular flexibility index (Phi) is 5.69. The molecule has 0 aromatic heterocycles. The molecule has 136 valence electrons. The third kappa shape index (κ3) is 5.22. The number of nitro groups is 1. The van der Waals surface area contributed by atoms with Gasteiger partial charge in [-0.05, 0) is 25.0 Å². The topological polar surface area (TPSA) is 147 Å². The van der Waals surface area contributed by atoms with Gasteiger partial charge in [0.05, 0.1) is 9.82 Å². The van der Waals surface area contributed by atoms with Crippen molar-refractivity contribution in [2.75, 3.05) is 13.1 Å². The van der Waals surface area contributed by atoms with Crippen molar-refractivity contribution in [3.63, 3.8) is 0 Å². The van der Waals surface area contributed by atoms with E-state index in [1.165, 1.54) is 4.90 Å². The summed E-state index contributed by atoms with van der Waals surface area (Å²) < 4.78 is 26.4. The summed E-state index contributed by atoms with van der Waals surface area (Å²) in [7, 11) is -3.91. The Morgan fingerprint density at radius 1 is 1.28 bits per heavy atom. The van der Waals surface area contributed by atoms with Gasteiger partial charge in [-0.25, -0.2) is 13.1 Å². The second kappa shape index (κ2) is 7.57. The number of aliphatic carboxylic acids is 1. The molecule has 1 aromatic rings. The number of non-ortho nitro benzene ring substituents is 1. The van der Waals surface area contributed by atoms with Gasteiger partial charge >= 0.3 is 5.97 Å². The minimum Gasteiger partial charge on any atom is -0.480 e. The molecule has 1 fully saturated rings. The Labute approximate surface area is 143 Å². The highest BCUT2D eigenvalue weighted by Gasteiger charge is 2.33. The van der Waals surface area contributed by atoms with Crippen LogP contribution in [0.5, 0.6) is 0 Å². The van der Waals surface area contributed by atoms with E-state index in [0.717, 1.165) is 37.1 Å². The second-order valence-corrected chi connectivity index (χ2v) is 7.31. The molecule has 11 heteroatoms. The molecule has 0 atom stereocenters. The number of nitrogens with one attached hydrogen (secondary N) is 1. The maximum absolute atomic E-state index is 12.1. The molecule has 1 amide bonds. The lowest BCUT2D eigenvalue weighted by Gasteiger charge is -2.20. The minimum atomic E-state index is -3.91. The number of hydrogen-bond acceptors (Lipinski definition) is 6. The fourth-order valence-corrected chi connectivity index (χ4v) is 3.25. The Bertz CT molecular complexity index is 772. The van der Waals surface area contributed by atoms with Crippen molar-refractivity contribution < 1.29 is 28.0 Å². The molecule has 1 aromatic carbocycles. The highest BCUT2D eigenvalue weighted by molar-refractivity contribution is 7.89. The number of amides is 1. The van der Waals surface area contributed by atoms with Crippen LogP contribution in [0.1, 0.15) is 19.3 Å². The van der Waals surface area contributed by atoms with Crippen LogP contribution in [0.4, 0.5) is 5.69 Å². The van der Waals surface area contributed by atoms with Crippen molar-refractivity contribution in [3.05, 3.63) is 34.4 Å². The lowest BCUT2D eigenvalue weighted by Crippen LogP contribution is -2.39. The molecule has 0 saturated heterocycles. The number of carboxylic acids is 1. The largest absolute Gasteiger partial charge is 0.480 e. The van der Waals surface area contributed by atoms with Crippen LogP contribution in [0.2, 0.25) is 0 Å². The van der Waals surface area contributed by atoms with Gasteiger partial charge in [-0.2, -0.15) is 0 Å². The average Bonchev–Trinajstić information content (AvgIpc) is 3.37. The predicted molar refractivity (Wildman–Crippen MR) is 85.3 cm³/mol. The summed E-state index contributed by atoms with van der Waals surface area (Å²) in [6.45, 7) is -0.598. The number of benzene rings is 1. The zero-order valence-electron chi connectivity index (χ0n) is 13.1. The summed E-state index contributed by atoms with van der Waals surface area (Å²) >= 11 is 0. The molecular formula is C14H17N3O7S. The van der Waals surface area contributed by atoms with Crippen LogP contribution in [0.3, 0.4) is 0 Å². The molecule has 0 unspecified atom stereocenters. The zero-order chi connectivity index (χ0) is 18.6. The Balaban J connectivity index is 1.91. The van der Waals surface area contributed by atoms with Crippen molar-refractivity contribution >= 4 is 27.6 Å². The van der Waals surface area contributed by atoms with Gasteiger partial charge in [-0.3, -0.25) is 19.7 Å². The number of carbonyl (C=O) groups is 2. The zero-order valence-corrected chi connectivity index (χ0v) is 13.9. The van der Waals surface area contributed by atoms with Crippen molar-refractivity contribution in [1.29, 1.82) is 0 Å². The first-order valence-corrected chi connectivity index (χ1v) is 8.94. The SMILES string of the molecule is O=C(O)CN(C(=O)CCNS(=O)(=O)c1ccc([N+](=O)[O-])cc1)C1CC1. The molecule has 25 heavy (non-hydrogen) atoms. The van der Waals surface area contributed by atoms with E-state index in [2.05, 4.69) is 4.72 Å². The molecule has 0 radical (unpaired) electrons.